The minimum atomic E-state index is 1.01. The van der Waals surface area contributed by atoms with Gasteiger partial charge in [0, 0.05) is 17.3 Å². The molecule has 0 aliphatic heterocycles. The molecule has 0 spiro atoms. The molecule has 0 N–H and O–H groups in total. The number of thiophene rings is 1. The Morgan fingerprint density at radius 1 is 1.33 bits per heavy atom. The summed E-state index contributed by atoms with van der Waals surface area (Å²) in [4.78, 5) is 1.45. The Hall–Kier alpha value is -1.02. The summed E-state index contributed by atoms with van der Waals surface area (Å²) >= 11 is 1.83. The first kappa shape index (κ1) is 7.62. The minimum Gasteiger partial charge on any atom is -0.349 e. The van der Waals surface area contributed by atoms with Crippen molar-refractivity contribution in [1.82, 2.24) is 4.57 Å². The molecule has 0 aliphatic rings. The third-order valence-corrected chi connectivity index (χ3v) is 2.97. The van der Waals surface area contributed by atoms with Gasteiger partial charge in [0.15, 0.2) is 0 Å². The van der Waals surface area contributed by atoms with Gasteiger partial charge in [-0.15, -0.1) is 11.3 Å². The smallest absolute Gasteiger partial charge is 0.0566 e. The Bertz CT molecular complexity index is 346. The first-order valence-electron chi connectivity index (χ1n) is 4.00. The lowest BCUT2D eigenvalue weighted by atomic mass is 10.3. The zero-order valence-electron chi connectivity index (χ0n) is 7.03. The first-order chi connectivity index (χ1) is 5.86. The number of rotatable bonds is 2. The molecule has 2 heteroatoms. The number of hydrogen-bond donors (Lipinski definition) is 0. The van der Waals surface area contributed by atoms with Crippen LogP contribution in [0.3, 0.4) is 0 Å². The van der Waals surface area contributed by atoms with Crippen LogP contribution in [0, 0.1) is 6.92 Å². The number of hydrogen-bond acceptors (Lipinski definition) is 1. The van der Waals surface area contributed by atoms with Crippen LogP contribution in [-0.2, 0) is 6.54 Å². The molecule has 1 nitrogen and oxygen atoms in total. The Morgan fingerprint density at radius 3 is 2.67 bits per heavy atom. The predicted molar refractivity (Wildman–Crippen MR) is 52.6 cm³/mol. The zero-order chi connectivity index (χ0) is 8.39. The molecule has 12 heavy (non-hydrogen) atoms. The van der Waals surface area contributed by atoms with Gasteiger partial charge in [0.25, 0.3) is 0 Å². The van der Waals surface area contributed by atoms with Crippen molar-refractivity contribution in [2.24, 2.45) is 0 Å². The van der Waals surface area contributed by atoms with Crippen LogP contribution >= 0.6 is 11.3 Å². The Morgan fingerprint density at radius 2 is 2.08 bits per heavy atom. The molecule has 2 aromatic heterocycles. The van der Waals surface area contributed by atoms with E-state index in [2.05, 4.69) is 47.5 Å². The lowest BCUT2D eigenvalue weighted by Crippen LogP contribution is -1.94. The topological polar surface area (TPSA) is 4.93 Å². The molecule has 0 aliphatic carbocycles. The lowest BCUT2D eigenvalue weighted by Gasteiger charge is -2.00. The third kappa shape index (κ3) is 1.43. The molecule has 0 radical (unpaired) electrons. The van der Waals surface area contributed by atoms with E-state index in [4.69, 9.17) is 0 Å². The largest absolute Gasteiger partial charge is 0.349 e. The summed E-state index contributed by atoms with van der Waals surface area (Å²) in [6.45, 7) is 3.17. The van der Waals surface area contributed by atoms with E-state index in [1.807, 2.05) is 11.3 Å². The van der Waals surface area contributed by atoms with Crippen LogP contribution in [0.5, 0.6) is 0 Å². The van der Waals surface area contributed by atoms with E-state index in [-0.39, 0.29) is 0 Å². The third-order valence-electron chi connectivity index (χ3n) is 1.96. The maximum Gasteiger partial charge on any atom is 0.0566 e. The summed E-state index contributed by atoms with van der Waals surface area (Å²) in [6.07, 6.45) is 4.19. The molecule has 0 amide bonds. The Labute approximate surface area is 76.3 Å². The van der Waals surface area contributed by atoms with Crippen LogP contribution in [0.25, 0.3) is 0 Å². The molecule has 2 rings (SSSR count). The second-order valence-electron chi connectivity index (χ2n) is 2.88. The summed E-state index contributed by atoms with van der Waals surface area (Å²) in [7, 11) is 0. The van der Waals surface area contributed by atoms with Gasteiger partial charge in [-0.05, 0) is 36.1 Å². The van der Waals surface area contributed by atoms with Gasteiger partial charge in [-0.25, -0.2) is 0 Å². The Kier molecular flexibility index (Phi) is 2.00. The standard InChI is InChI=1S/C10H11NS/c1-9-4-7-12-10(9)8-11-5-2-3-6-11/h2-7H,8H2,1H3. The van der Waals surface area contributed by atoms with Crippen LogP contribution in [-0.4, -0.2) is 4.57 Å². The number of aryl methyl sites for hydroxylation is 1. The normalized spacial score (nSPS) is 10.4. The van der Waals surface area contributed by atoms with Gasteiger partial charge in [-0.2, -0.15) is 0 Å². The highest BCUT2D eigenvalue weighted by Crippen LogP contribution is 2.16. The summed E-state index contributed by atoms with van der Waals surface area (Å²) < 4.78 is 2.19. The second-order valence-corrected chi connectivity index (χ2v) is 3.88. The predicted octanol–water partition coefficient (Wildman–Crippen LogP) is 2.91. The summed E-state index contributed by atoms with van der Waals surface area (Å²) in [5, 5.41) is 2.15. The molecule has 0 bridgehead atoms. The summed E-state index contributed by atoms with van der Waals surface area (Å²) in [6, 6.07) is 6.29. The van der Waals surface area contributed by atoms with Crippen LogP contribution in [0.4, 0.5) is 0 Å². The fourth-order valence-electron chi connectivity index (χ4n) is 1.21. The maximum atomic E-state index is 2.19. The highest BCUT2D eigenvalue weighted by atomic mass is 32.1. The van der Waals surface area contributed by atoms with Gasteiger partial charge in [0.2, 0.25) is 0 Å². The summed E-state index contributed by atoms with van der Waals surface area (Å²) in [5.74, 6) is 0. The van der Waals surface area contributed by atoms with Gasteiger partial charge in [0.1, 0.15) is 0 Å². The van der Waals surface area contributed by atoms with Crippen molar-refractivity contribution in [3.8, 4) is 0 Å². The van der Waals surface area contributed by atoms with E-state index >= 15 is 0 Å². The highest BCUT2D eigenvalue weighted by Gasteiger charge is 1.98. The minimum absolute atomic E-state index is 1.01. The SMILES string of the molecule is Cc1ccsc1Cn1cccc1. The molecule has 2 aromatic rings. The molecule has 62 valence electrons. The van der Waals surface area contributed by atoms with E-state index in [1.54, 1.807) is 0 Å². The van der Waals surface area contributed by atoms with Crippen molar-refractivity contribution < 1.29 is 0 Å². The van der Waals surface area contributed by atoms with Gasteiger partial charge in [-0.3, -0.25) is 0 Å². The van der Waals surface area contributed by atoms with Crippen LogP contribution in [0.1, 0.15) is 10.4 Å². The number of aromatic nitrogens is 1. The quantitative estimate of drug-likeness (QED) is 0.664. The number of nitrogens with zero attached hydrogens (tertiary/aromatic N) is 1. The average molecular weight is 177 g/mol. The van der Waals surface area contributed by atoms with Crippen molar-refractivity contribution in [3.05, 3.63) is 46.4 Å². The molecular weight excluding hydrogens is 166 g/mol. The van der Waals surface area contributed by atoms with E-state index in [0.717, 1.165) is 6.54 Å². The molecule has 0 saturated heterocycles. The second kappa shape index (κ2) is 3.15. The summed E-state index contributed by atoms with van der Waals surface area (Å²) in [5.41, 5.74) is 1.40. The average Bonchev–Trinajstić information content (AvgIpc) is 2.65. The highest BCUT2D eigenvalue weighted by molar-refractivity contribution is 7.10. The molecule has 0 fully saturated rings. The fraction of sp³-hybridized carbons (Fsp3) is 0.200. The van der Waals surface area contributed by atoms with Crippen LogP contribution in [0.15, 0.2) is 36.0 Å². The molecule has 0 unspecified atom stereocenters. The van der Waals surface area contributed by atoms with E-state index < -0.39 is 0 Å². The van der Waals surface area contributed by atoms with Crippen molar-refractivity contribution in [2.75, 3.05) is 0 Å². The first-order valence-corrected chi connectivity index (χ1v) is 4.88. The molecule has 0 aromatic carbocycles. The van der Waals surface area contributed by atoms with Crippen molar-refractivity contribution in [3.63, 3.8) is 0 Å². The van der Waals surface area contributed by atoms with Crippen LogP contribution in [0.2, 0.25) is 0 Å². The van der Waals surface area contributed by atoms with E-state index in [0.29, 0.717) is 0 Å². The molecular formula is C10H11NS. The lowest BCUT2D eigenvalue weighted by molar-refractivity contribution is 0.815. The fourth-order valence-corrected chi connectivity index (χ4v) is 2.12. The Balaban J connectivity index is 2.20. The van der Waals surface area contributed by atoms with E-state index in [1.165, 1.54) is 10.4 Å². The van der Waals surface area contributed by atoms with Crippen molar-refractivity contribution in [1.29, 1.82) is 0 Å². The van der Waals surface area contributed by atoms with Crippen molar-refractivity contribution in [2.45, 2.75) is 13.5 Å². The van der Waals surface area contributed by atoms with Gasteiger partial charge in [-0.1, -0.05) is 0 Å². The van der Waals surface area contributed by atoms with Gasteiger partial charge >= 0.3 is 0 Å². The van der Waals surface area contributed by atoms with Crippen molar-refractivity contribution >= 4 is 11.3 Å². The zero-order valence-corrected chi connectivity index (χ0v) is 7.84. The van der Waals surface area contributed by atoms with Gasteiger partial charge in [0.05, 0.1) is 6.54 Å². The molecule has 0 atom stereocenters. The maximum absolute atomic E-state index is 2.19. The molecule has 2 heterocycles. The van der Waals surface area contributed by atoms with Crippen LogP contribution < -0.4 is 0 Å². The molecule has 0 saturated carbocycles. The van der Waals surface area contributed by atoms with Gasteiger partial charge < -0.3 is 4.57 Å². The van der Waals surface area contributed by atoms with E-state index in [9.17, 15) is 0 Å². The monoisotopic (exact) mass is 177 g/mol.